The van der Waals surface area contributed by atoms with Gasteiger partial charge in [-0.1, -0.05) is 78.9 Å². The summed E-state index contributed by atoms with van der Waals surface area (Å²) in [7, 11) is 1.95. The Morgan fingerprint density at radius 1 is 0.727 bits per heavy atom. The number of aromatic nitrogens is 2. The molecule has 3 atom stereocenters. The average Bonchev–Trinajstić information content (AvgIpc) is 3.56. The number of amides is 2. The van der Waals surface area contributed by atoms with Gasteiger partial charge in [0.25, 0.3) is 0 Å². The Kier molecular flexibility index (Phi) is 10.3. The van der Waals surface area contributed by atoms with Crippen molar-refractivity contribution in [2.75, 3.05) is 37.6 Å². The third-order valence-electron chi connectivity index (χ3n) is 13.6. The molecule has 0 spiro atoms. The Morgan fingerprint density at radius 2 is 1.47 bits per heavy atom. The van der Waals surface area contributed by atoms with Crippen LogP contribution in [-0.2, 0) is 23.1 Å². The maximum Gasteiger partial charge on any atom is 0.235 e. The molecule has 5 aromatic rings. The Balaban J connectivity index is 0.744. The van der Waals surface area contributed by atoms with Crippen molar-refractivity contribution in [3.05, 3.63) is 131 Å². The number of fused-ring (bicyclic) bond motifs is 2. The Bertz CT molecular complexity index is 2130. The summed E-state index contributed by atoms with van der Waals surface area (Å²) in [6.45, 7) is 5.80. The number of carbonyl (C=O) groups is 2. The molecule has 284 valence electrons. The number of imide groups is 1. The van der Waals surface area contributed by atoms with Gasteiger partial charge in [-0.2, -0.15) is 5.10 Å². The molecule has 1 N–H and O–H groups in total. The number of hydrogen-bond acceptors (Lipinski definition) is 5. The van der Waals surface area contributed by atoms with Gasteiger partial charge < -0.3 is 9.80 Å². The quantitative estimate of drug-likeness (QED) is 0.153. The number of aryl methyl sites for hydroxylation is 2. The number of piperidine rings is 3. The first kappa shape index (κ1) is 35.9. The minimum absolute atomic E-state index is 0.191. The first-order valence-corrected chi connectivity index (χ1v) is 21.0. The van der Waals surface area contributed by atoms with E-state index in [1.807, 2.05) is 11.7 Å². The van der Waals surface area contributed by atoms with Gasteiger partial charge in [0.1, 0.15) is 0 Å². The van der Waals surface area contributed by atoms with Gasteiger partial charge in [-0.25, -0.2) is 0 Å². The standard InChI is InChI=1S/C48H55N5O2/c1-51-44-32-39(18-20-42(44)47(50-51)43-21-22-45(54)49-48(43)55)53-30-23-33(24-31-53)8-7-27-52-28-25-35(26-29-52)34-13-15-38(16-14-34)46-40-12-6-5-11-37(40)17-19-41(46)36-9-3-2-4-10-36/h2-6,9-16,18,20,32-33,35,41,43,46H,7-8,17,19,21-31H2,1H3,(H,49,54,55). The smallest absolute Gasteiger partial charge is 0.235 e. The topological polar surface area (TPSA) is 70.5 Å². The lowest BCUT2D eigenvalue weighted by atomic mass is 9.69. The van der Waals surface area contributed by atoms with E-state index in [9.17, 15) is 9.59 Å². The second-order valence-electron chi connectivity index (χ2n) is 16.8. The predicted octanol–water partition coefficient (Wildman–Crippen LogP) is 8.83. The molecule has 55 heavy (non-hydrogen) atoms. The summed E-state index contributed by atoms with van der Waals surface area (Å²) in [5.74, 6) is 1.59. The molecule has 2 amide bonds. The van der Waals surface area contributed by atoms with Crippen molar-refractivity contribution in [3.8, 4) is 0 Å². The minimum Gasteiger partial charge on any atom is -0.371 e. The zero-order chi connectivity index (χ0) is 37.3. The van der Waals surface area contributed by atoms with Gasteiger partial charge in [0, 0.05) is 43.5 Å². The van der Waals surface area contributed by atoms with Gasteiger partial charge in [0.2, 0.25) is 11.8 Å². The first-order valence-electron chi connectivity index (χ1n) is 21.0. The van der Waals surface area contributed by atoms with Crippen LogP contribution in [0.25, 0.3) is 10.9 Å². The summed E-state index contributed by atoms with van der Waals surface area (Å²) in [5, 5.41) is 8.24. The molecule has 4 heterocycles. The lowest BCUT2D eigenvalue weighted by Gasteiger charge is -2.36. The van der Waals surface area contributed by atoms with E-state index in [2.05, 4.69) is 112 Å². The fourth-order valence-electron chi connectivity index (χ4n) is 10.5. The van der Waals surface area contributed by atoms with Gasteiger partial charge in [-0.15, -0.1) is 0 Å². The van der Waals surface area contributed by atoms with Crippen molar-refractivity contribution in [2.24, 2.45) is 13.0 Å². The van der Waals surface area contributed by atoms with Crippen LogP contribution in [0.2, 0.25) is 0 Å². The number of nitrogens with zero attached hydrogens (tertiary/aromatic N) is 4. The van der Waals surface area contributed by atoms with Crippen LogP contribution in [0.4, 0.5) is 5.69 Å². The molecular weight excluding hydrogens is 679 g/mol. The SMILES string of the molecule is Cn1nc(C2CCC(=O)NC2=O)c2ccc(N3CCC(CCCN4CCC(c5ccc(C6c7ccccc7CCC6c6ccccc6)cc5)CC4)CC3)cc21. The molecule has 7 nitrogen and oxygen atoms in total. The molecule has 3 aliphatic heterocycles. The molecule has 0 bridgehead atoms. The van der Waals surface area contributed by atoms with Crippen LogP contribution in [0, 0.1) is 5.92 Å². The number of anilines is 1. The number of carbonyl (C=O) groups excluding carboxylic acids is 2. The molecule has 3 unspecified atom stereocenters. The predicted molar refractivity (Wildman–Crippen MR) is 221 cm³/mol. The minimum atomic E-state index is -0.369. The van der Waals surface area contributed by atoms with Crippen LogP contribution in [0.5, 0.6) is 0 Å². The van der Waals surface area contributed by atoms with Crippen LogP contribution >= 0.6 is 0 Å². The summed E-state index contributed by atoms with van der Waals surface area (Å²) < 4.78 is 1.89. The van der Waals surface area contributed by atoms with Gasteiger partial charge in [-0.3, -0.25) is 19.6 Å². The van der Waals surface area contributed by atoms with Gasteiger partial charge in [0.05, 0.1) is 17.1 Å². The van der Waals surface area contributed by atoms with E-state index < -0.39 is 0 Å². The van der Waals surface area contributed by atoms with Crippen molar-refractivity contribution in [2.45, 2.75) is 87.9 Å². The normalized spacial score (nSPS) is 22.9. The van der Waals surface area contributed by atoms with E-state index in [-0.39, 0.29) is 17.7 Å². The summed E-state index contributed by atoms with van der Waals surface area (Å²) in [4.78, 5) is 29.5. The summed E-state index contributed by atoms with van der Waals surface area (Å²) in [6, 6.07) is 36.7. The van der Waals surface area contributed by atoms with Crippen molar-refractivity contribution < 1.29 is 9.59 Å². The van der Waals surface area contributed by atoms with Gasteiger partial charge >= 0.3 is 0 Å². The molecule has 1 aromatic heterocycles. The third-order valence-corrected chi connectivity index (χ3v) is 13.6. The zero-order valence-corrected chi connectivity index (χ0v) is 32.3. The summed E-state index contributed by atoms with van der Waals surface area (Å²) in [5.41, 5.74) is 10.5. The Labute approximate surface area is 326 Å². The van der Waals surface area contributed by atoms with Gasteiger partial charge in [0.15, 0.2) is 0 Å². The molecule has 3 saturated heterocycles. The number of likely N-dealkylation sites (tertiary alicyclic amines) is 1. The van der Waals surface area contributed by atoms with Crippen LogP contribution < -0.4 is 10.2 Å². The van der Waals surface area contributed by atoms with Gasteiger partial charge in [-0.05, 0) is 141 Å². The molecule has 0 radical (unpaired) electrons. The fourth-order valence-corrected chi connectivity index (χ4v) is 10.5. The van der Waals surface area contributed by atoms with Crippen LogP contribution in [0.3, 0.4) is 0 Å². The lowest BCUT2D eigenvalue weighted by molar-refractivity contribution is -0.134. The molecule has 4 aliphatic rings. The molecule has 9 rings (SSSR count). The number of nitrogens with one attached hydrogen (secondary N) is 1. The maximum absolute atomic E-state index is 12.6. The molecule has 4 aromatic carbocycles. The van der Waals surface area contributed by atoms with Crippen molar-refractivity contribution >= 4 is 28.4 Å². The monoisotopic (exact) mass is 733 g/mol. The molecular formula is C48H55N5O2. The van der Waals surface area contributed by atoms with Crippen molar-refractivity contribution in [1.29, 1.82) is 0 Å². The second-order valence-corrected chi connectivity index (χ2v) is 16.8. The van der Waals surface area contributed by atoms with Crippen molar-refractivity contribution in [3.63, 3.8) is 0 Å². The number of hydrogen-bond donors (Lipinski definition) is 1. The Morgan fingerprint density at radius 3 is 2.25 bits per heavy atom. The summed E-state index contributed by atoms with van der Waals surface area (Å²) in [6.07, 6.45) is 10.8. The fraction of sp³-hybridized carbons (Fsp3) is 0.438. The lowest BCUT2D eigenvalue weighted by Crippen LogP contribution is -2.39. The number of rotatable bonds is 9. The van der Waals surface area contributed by atoms with Crippen LogP contribution in [-0.4, -0.2) is 59.2 Å². The average molecular weight is 734 g/mol. The highest BCUT2D eigenvalue weighted by Gasteiger charge is 2.33. The van der Waals surface area contributed by atoms with Crippen molar-refractivity contribution in [1.82, 2.24) is 20.0 Å². The van der Waals surface area contributed by atoms with E-state index in [1.165, 1.54) is 98.1 Å². The number of benzene rings is 4. The Hall–Kier alpha value is -4.75. The highest BCUT2D eigenvalue weighted by atomic mass is 16.2. The van der Waals surface area contributed by atoms with E-state index in [0.717, 1.165) is 42.0 Å². The summed E-state index contributed by atoms with van der Waals surface area (Å²) >= 11 is 0. The highest BCUT2D eigenvalue weighted by Crippen LogP contribution is 2.46. The molecule has 1 aliphatic carbocycles. The van der Waals surface area contributed by atoms with E-state index in [0.29, 0.717) is 30.6 Å². The maximum atomic E-state index is 12.6. The van der Waals surface area contributed by atoms with E-state index in [1.54, 1.807) is 0 Å². The molecule has 0 saturated carbocycles. The third kappa shape index (κ3) is 7.48. The second kappa shape index (κ2) is 15.8. The van der Waals surface area contributed by atoms with E-state index >= 15 is 0 Å². The molecule has 3 fully saturated rings. The largest absolute Gasteiger partial charge is 0.371 e. The zero-order valence-electron chi connectivity index (χ0n) is 32.3. The van der Waals surface area contributed by atoms with E-state index in [4.69, 9.17) is 5.10 Å². The van der Waals surface area contributed by atoms with Crippen LogP contribution in [0.1, 0.15) is 115 Å². The molecule has 7 heteroatoms. The highest BCUT2D eigenvalue weighted by molar-refractivity contribution is 6.02. The first-order chi connectivity index (χ1) is 27.0. The van der Waals surface area contributed by atoms with Crippen LogP contribution in [0.15, 0.2) is 97.1 Å².